The largest absolute Gasteiger partial charge is 0.397 e. The summed E-state index contributed by atoms with van der Waals surface area (Å²) in [6, 6.07) is 5.53. The second-order valence-electron chi connectivity index (χ2n) is 2.98. The molecule has 3 nitrogen and oxygen atoms in total. The van der Waals surface area contributed by atoms with Gasteiger partial charge in [0.15, 0.2) is 0 Å². The summed E-state index contributed by atoms with van der Waals surface area (Å²) in [7, 11) is 0. The standard InChI is InChI=1S/C10H5ClIN3/c11-6-1-7-9(14)5(3-13)4-15-10(7)8(12)2-6/h1-2,4H,(H2,14,15). The molecule has 5 heteroatoms. The molecule has 74 valence electrons. The molecule has 0 aliphatic rings. The van der Waals surface area contributed by atoms with Gasteiger partial charge in [-0.05, 0) is 34.7 Å². The fraction of sp³-hybridized carbons (Fsp3) is 0. The van der Waals surface area contributed by atoms with Crippen LogP contribution in [-0.4, -0.2) is 4.98 Å². The van der Waals surface area contributed by atoms with Crippen LogP contribution in [0.1, 0.15) is 5.56 Å². The van der Waals surface area contributed by atoms with Crippen molar-refractivity contribution >= 4 is 50.8 Å². The van der Waals surface area contributed by atoms with Crippen LogP contribution in [-0.2, 0) is 0 Å². The summed E-state index contributed by atoms with van der Waals surface area (Å²) < 4.78 is 0.922. The normalized spacial score (nSPS) is 10.2. The third-order valence-electron chi connectivity index (χ3n) is 2.05. The van der Waals surface area contributed by atoms with Gasteiger partial charge in [-0.15, -0.1) is 0 Å². The molecule has 15 heavy (non-hydrogen) atoms. The molecule has 0 bridgehead atoms. The number of nitriles is 1. The minimum Gasteiger partial charge on any atom is -0.397 e. The van der Waals surface area contributed by atoms with E-state index in [0.717, 1.165) is 14.5 Å². The van der Waals surface area contributed by atoms with Crippen molar-refractivity contribution in [1.29, 1.82) is 5.26 Å². The van der Waals surface area contributed by atoms with E-state index in [9.17, 15) is 0 Å². The van der Waals surface area contributed by atoms with Gasteiger partial charge in [0.2, 0.25) is 0 Å². The van der Waals surface area contributed by atoms with Crippen LogP contribution in [0.15, 0.2) is 18.3 Å². The maximum absolute atomic E-state index is 8.81. The molecular formula is C10H5ClIN3. The predicted octanol–water partition coefficient (Wildman–Crippen LogP) is 2.95. The van der Waals surface area contributed by atoms with Crippen LogP contribution in [0.2, 0.25) is 5.02 Å². The minimum atomic E-state index is 0.376. The number of nitrogens with two attached hydrogens (primary N) is 1. The molecule has 0 aliphatic heterocycles. The molecule has 2 rings (SSSR count). The van der Waals surface area contributed by atoms with Gasteiger partial charge in [0.1, 0.15) is 6.07 Å². The van der Waals surface area contributed by atoms with Crippen LogP contribution in [0.25, 0.3) is 10.9 Å². The molecule has 0 unspecified atom stereocenters. The smallest absolute Gasteiger partial charge is 0.103 e. The molecular weight excluding hydrogens is 324 g/mol. The zero-order chi connectivity index (χ0) is 11.0. The number of nitrogen functional groups attached to an aromatic ring is 1. The maximum atomic E-state index is 8.81. The van der Waals surface area contributed by atoms with Gasteiger partial charge >= 0.3 is 0 Å². The van der Waals surface area contributed by atoms with Crippen molar-refractivity contribution < 1.29 is 0 Å². The van der Waals surface area contributed by atoms with Gasteiger partial charge in [-0.2, -0.15) is 5.26 Å². The maximum Gasteiger partial charge on any atom is 0.103 e. The number of halogens is 2. The summed E-state index contributed by atoms with van der Waals surface area (Å²) in [5.41, 5.74) is 7.43. The zero-order valence-corrected chi connectivity index (χ0v) is 10.4. The van der Waals surface area contributed by atoms with Crippen molar-refractivity contribution in [1.82, 2.24) is 4.98 Å². The highest BCUT2D eigenvalue weighted by Crippen LogP contribution is 2.29. The first-order chi connectivity index (χ1) is 7.13. The molecule has 0 spiro atoms. The minimum absolute atomic E-state index is 0.376. The average molecular weight is 330 g/mol. The van der Waals surface area contributed by atoms with Crippen molar-refractivity contribution in [2.75, 3.05) is 5.73 Å². The lowest BCUT2D eigenvalue weighted by Gasteiger charge is -2.05. The Bertz CT molecular complexity index is 589. The Hall–Kier alpha value is -1.06. The molecule has 2 N–H and O–H groups in total. The van der Waals surface area contributed by atoms with Crippen molar-refractivity contribution in [3.05, 3.63) is 32.5 Å². The van der Waals surface area contributed by atoms with E-state index in [1.807, 2.05) is 12.1 Å². The first-order valence-electron chi connectivity index (χ1n) is 4.07. The highest BCUT2D eigenvalue weighted by atomic mass is 127. The van der Waals surface area contributed by atoms with E-state index in [0.29, 0.717) is 16.3 Å². The lowest BCUT2D eigenvalue weighted by Crippen LogP contribution is -1.95. The highest BCUT2D eigenvalue weighted by Gasteiger charge is 2.08. The third-order valence-corrected chi connectivity index (χ3v) is 3.09. The Morgan fingerprint density at radius 1 is 1.47 bits per heavy atom. The van der Waals surface area contributed by atoms with Crippen LogP contribution in [0.4, 0.5) is 5.69 Å². The van der Waals surface area contributed by atoms with Crippen molar-refractivity contribution in [2.24, 2.45) is 0 Å². The topological polar surface area (TPSA) is 62.7 Å². The molecule has 0 aliphatic carbocycles. The van der Waals surface area contributed by atoms with Crippen molar-refractivity contribution in [3.63, 3.8) is 0 Å². The number of hydrogen-bond donors (Lipinski definition) is 1. The summed E-state index contributed by atoms with van der Waals surface area (Å²) >= 11 is 8.06. The molecule has 0 atom stereocenters. The van der Waals surface area contributed by atoms with Gasteiger partial charge in [-0.3, -0.25) is 4.98 Å². The Morgan fingerprint density at radius 2 is 2.20 bits per heavy atom. The van der Waals surface area contributed by atoms with Crippen LogP contribution in [0.5, 0.6) is 0 Å². The molecule has 0 saturated heterocycles. The Balaban J connectivity index is 2.94. The van der Waals surface area contributed by atoms with Crippen LogP contribution in [0, 0.1) is 14.9 Å². The summed E-state index contributed by atoms with van der Waals surface area (Å²) in [6.07, 6.45) is 1.48. The van der Waals surface area contributed by atoms with Crippen molar-refractivity contribution in [3.8, 4) is 6.07 Å². The number of anilines is 1. The van der Waals surface area contributed by atoms with Crippen LogP contribution < -0.4 is 5.73 Å². The van der Waals surface area contributed by atoms with Crippen LogP contribution >= 0.6 is 34.2 Å². The molecule has 0 fully saturated rings. The molecule has 0 saturated carbocycles. The van der Waals surface area contributed by atoms with E-state index < -0.39 is 0 Å². The fourth-order valence-electron chi connectivity index (χ4n) is 1.34. The molecule has 1 aromatic carbocycles. The number of aromatic nitrogens is 1. The number of benzene rings is 1. The van der Waals surface area contributed by atoms with E-state index in [1.165, 1.54) is 6.20 Å². The Morgan fingerprint density at radius 3 is 2.87 bits per heavy atom. The molecule has 1 heterocycles. The molecule has 0 amide bonds. The number of pyridine rings is 1. The second-order valence-corrected chi connectivity index (χ2v) is 4.58. The zero-order valence-electron chi connectivity index (χ0n) is 7.46. The quantitative estimate of drug-likeness (QED) is 0.756. The van der Waals surface area contributed by atoms with Gasteiger partial charge in [0, 0.05) is 20.2 Å². The second kappa shape index (κ2) is 3.83. The lowest BCUT2D eigenvalue weighted by molar-refractivity contribution is 1.36. The van der Waals surface area contributed by atoms with Gasteiger partial charge < -0.3 is 5.73 Å². The Kier molecular flexibility index (Phi) is 2.67. The van der Waals surface area contributed by atoms with E-state index in [4.69, 9.17) is 22.6 Å². The molecule has 2 aromatic rings. The van der Waals surface area contributed by atoms with E-state index in [-0.39, 0.29) is 0 Å². The molecule has 0 radical (unpaired) electrons. The summed E-state index contributed by atoms with van der Waals surface area (Å²) in [6.45, 7) is 0. The van der Waals surface area contributed by atoms with Crippen LogP contribution in [0.3, 0.4) is 0 Å². The van der Waals surface area contributed by atoms with Gasteiger partial charge in [-0.1, -0.05) is 11.6 Å². The first-order valence-corrected chi connectivity index (χ1v) is 5.52. The number of fused-ring (bicyclic) bond motifs is 1. The van der Waals surface area contributed by atoms with Crippen molar-refractivity contribution in [2.45, 2.75) is 0 Å². The third kappa shape index (κ3) is 1.73. The highest BCUT2D eigenvalue weighted by molar-refractivity contribution is 14.1. The van der Waals surface area contributed by atoms with Gasteiger partial charge in [0.05, 0.1) is 16.8 Å². The Labute approximate surface area is 105 Å². The van der Waals surface area contributed by atoms with Gasteiger partial charge in [-0.25, -0.2) is 0 Å². The number of hydrogen-bond acceptors (Lipinski definition) is 3. The number of rotatable bonds is 0. The molecule has 1 aromatic heterocycles. The van der Waals surface area contributed by atoms with E-state index >= 15 is 0 Å². The summed E-state index contributed by atoms with van der Waals surface area (Å²) in [4.78, 5) is 4.18. The lowest BCUT2D eigenvalue weighted by atomic mass is 10.1. The van der Waals surface area contributed by atoms with Gasteiger partial charge in [0.25, 0.3) is 0 Å². The fourth-order valence-corrected chi connectivity index (χ4v) is 2.50. The predicted molar refractivity (Wildman–Crippen MR) is 68.6 cm³/mol. The summed E-state index contributed by atoms with van der Waals surface area (Å²) in [5.74, 6) is 0. The summed E-state index contributed by atoms with van der Waals surface area (Å²) in [5, 5.41) is 10.1. The number of nitrogens with zero attached hydrogens (tertiary/aromatic N) is 2. The average Bonchev–Trinajstić information content (AvgIpc) is 2.19. The van der Waals surface area contributed by atoms with E-state index in [2.05, 4.69) is 27.6 Å². The van der Waals surface area contributed by atoms with E-state index in [1.54, 1.807) is 6.07 Å². The first kappa shape index (κ1) is 10.5. The monoisotopic (exact) mass is 329 g/mol. The SMILES string of the molecule is N#Cc1cnc2c(I)cc(Cl)cc2c1N.